The zero-order valence-corrected chi connectivity index (χ0v) is 29.4. The number of hydrogen-bond donors (Lipinski definition) is 2. The fraction of sp³-hybridized carbons (Fsp3) is 0.543. The van der Waals surface area contributed by atoms with Crippen LogP contribution in [0.1, 0.15) is 65.7 Å². The van der Waals surface area contributed by atoms with Crippen LogP contribution in [0.5, 0.6) is 5.75 Å². The molecule has 3 amide bonds. The first kappa shape index (κ1) is 34.4. The highest BCUT2D eigenvalue weighted by Crippen LogP contribution is 2.46. The largest absolute Gasteiger partial charge is 0.487 e. The van der Waals surface area contributed by atoms with E-state index in [2.05, 4.69) is 20.6 Å². The number of nitrogens with one attached hydrogen (secondary N) is 2. The Morgan fingerprint density at radius 1 is 1.14 bits per heavy atom. The van der Waals surface area contributed by atoms with E-state index in [1.165, 1.54) is 23.3 Å². The number of aryl methyl sites for hydroxylation is 1. The highest BCUT2D eigenvalue weighted by molar-refractivity contribution is 7.22. The van der Waals surface area contributed by atoms with Crippen LogP contribution in [0.4, 0.5) is 4.79 Å². The van der Waals surface area contributed by atoms with Crippen molar-refractivity contribution in [2.75, 3.05) is 13.7 Å². The maximum atomic E-state index is 14.3. The summed E-state index contributed by atoms with van der Waals surface area (Å²) in [6, 6.07) is 1.86. The molecule has 3 aromatic rings. The van der Waals surface area contributed by atoms with Gasteiger partial charge in [-0.1, -0.05) is 25.0 Å². The van der Waals surface area contributed by atoms with Crippen molar-refractivity contribution in [2.24, 2.45) is 13.0 Å². The van der Waals surface area contributed by atoms with Gasteiger partial charge in [0.05, 0.1) is 28.7 Å². The normalized spacial score (nSPS) is 26.8. The average Bonchev–Trinajstić information content (AvgIpc) is 3.41. The number of fused-ring (bicyclic) bond motifs is 3. The van der Waals surface area contributed by atoms with E-state index in [4.69, 9.17) is 14.2 Å². The Balaban J connectivity index is 1.30. The Labute approximate surface area is 289 Å². The van der Waals surface area contributed by atoms with Gasteiger partial charge in [-0.05, 0) is 58.6 Å². The Morgan fingerprint density at radius 2 is 1.96 bits per heavy atom. The summed E-state index contributed by atoms with van der Waals surface area (Å²) in [4.78, 5) is 65.8. The molecule has 0 unspecified atom stereocenters. The molecule has 0 radical (unpaired) electrons. The number of thiophene rings is 1. The molecule has 5 atom stereocenters. The number of allylic oxidation sites excluding steroid dienone is 1. The van der Waals surface area contributed by atoms with Gasteiger partial charge in [-0.3, -0.25) is 14.6 Å². The lowest BCUT2D eigenvalue weighted by Crippen LogP contribution is -2.56. The van der Waals surface area contributed by atoms with E-state index in [-0.39, 0.29) is 18.9 Å². The summed E-state index contributed by atoms with van der Waals surface area (Å²) in [5.41, 5.74) is -1.21. The number of carbonyl (C=O) groups is 4. The number of esters is 1. The second kappa shape index (κ2) is 13.8. The van der Waals surface area contributed by atoms with Crippen molar-refractivity contribution in [3.05, 3.63) is 42.9 Å². The molecular formula is C35H44N6O7S. The van der Waals surface area contributed by atoms with Gasteiger partial charge in [0, 0.05) is 38.0 Å². The predicted octanol–water partition coefficient (Wildman–Crippen LogP) is 4.51. The number of alkyl carbamates (subject to hydrolysis) is 1. The van der Waals surface area contributed by atoms with Gasteiger partial charge in [0.15, 0.2) is 0 Å². The van der Waals surface area contributed by atoms with Crippen LogP contribution in [0.2, 0.25) is 0 Å². The molecule has 6 rings (SSSR count). The summed E-state index contributed by atoms with van der Waals surface area (Å²) < 4.78 is 19.9. The molecule has 3 aromatic heterocycles. The lowest BCUT2D eigenvalue weighted by atomic mass is 10.0. The molecule has 14 heteroatoms. The van der Waals surface area contributed by atoms with E-state index in [1.807, 2.05) is 36.0 Å². The minimum atomic E-state index is -1.19. The predicted molar refractivity (Wildman–Crippen MR) is 183 cm³/mol. The lowest BCUT2D eigenvalue weighted by molar-refractivity contribution is -0.148. The van der Waals surface area contributed by atoms with Gasteiger partial charge in [-0.15, -0.1) is 11.3 Å². The molecule has 2 fully saturated rings. The molecule has 5 heterocycles. The van der Waals surface area contributed by atoms with E-state index >= 15 is 0 Å². The third-order valence-electron chi connectivity index (χ3n) is 9.19. The molecule has 2 N–H and O–H groups in total. The molecule has 262 valence electrons. The Morgan fingerprint density at radius 3 is 2.69 bits per heavy atom. The number of nitrogens with zero attached hydrogens (tertiary/aromatic N) is 4. The summed E-state index contributed by atoms with van der Waals surface area (Å²) in [6.07, 6.45) is 12.2. The molecule has 49 heavy (non-hydrogen) atoms. The first-order valence-electron chi connectivity index (χ1n) is 16.8. The monoisotopic (exact) mass is 692 g/mol. The van der Waals surface area contributed by atoms with Gasteiger partial charge in [-0.25, -0.2) is 14.6 Å². The van der Waals surface area contributed by atoms with Crippen molar-refractivity contribution in [3.63, 3.8) is 0 Å². The standard InChI is InChI=1S/C35H44N6O7S/c1-34(2,3)48-33(45)38-23-12-10-8-6-7-9-11-21-19-35(21,32(44)46-5)39-30(42)25-17-22(20-41(25)31(23)43)47-26-13-14-36-24-18-27(49-28(24)26)29-37-15-16-40(29)4/h9,11,13-16,18,21-23,25H,6-8,10,12,17,19-20H2,1-5H3,(H,38,45)(H,39,42)/b11-9-/t21-,22-,23+,25+,35-/m1/s1. The number of carbonyl (C=O) groups excluding carboxylic acids is 4. The van der Waals surface area contributed by atoms with Crippen LogP contribution >= 0.6 is 11.3 Å². The van der Waals surface area contributed by atoms with E-state index in [0.717, 1.165) is 40.2 Å². The van der Waals surface area contributed by atoms with Crippen molar-refractivity contribution in [2.45, 2.75) is 95.0 Å². The van der Waals surface area contributed by atoms with Crippen LogP contribution in [-0.2, 0) is 30.9 Å². The SMILES string of the molecule is COC(=O)[C@@]12C[C@H]1/C=C\CCCCC[C@H](NC(=O)OC(C)(C)C)C(=O)N1C[C@H](Oc3ccnc4cc(-c5nccn5C)sc34)C[C@H]1C(=O)N2. The summed E-state index contributed by atoms with van der Waals surface area (Å²) in [5, 5.41) is 5.74. The highest BCUT2D eigenvalue weighted by Gasteiger charge is 2.62. The molecule has 0 bridgehead atoms. The van der Waals surface area contributed by atoms with Crippen LogP contribution in [0, 0.1) is 5.92 Å². The minimum Gasteiger partial charge on any atom is -0.487 e. The van der Waals surface area contributed by atoms with Crippen molar-refractivity contribution in [3.8, 4) is 16.5 Å². The fourth-order valence-electron chi connectivity index (χ4n) is 6.67. The van der Waals surface area contributed by atoms with Gasteiger partial charge in [0.2, 0.25) is 11.8 Å². The van der Waals surface area contributed by atoms with Crippen LogP contribution in [0.25, 0.3) is 20.9 Å². The second-order valence-corrected chi connectivity index (χ2v) is 15.1. The summed E-state index contributed by atoms with van der Waals surface area (Å²) >= 11 is 1.50. The van der Waals surface area contributed by atoms with Crippen molar-refractivity contribution >= 4 is 45.4 Å². The summed E-state index contributed by atoms with van der Waals surface area (Å²) in [6.45, 7) is 5.37. The van der Waals surface area contributed by atoms with Gasteiger partial charge in [0.1, 0.15) is 40.9 Å². The molecule has 1 saturated carbocycles. The number of rotatable bonds is 5. The van der Waals surface area contributed by atoms with Crippen LogP contribution < -0.4 is 15.4 Å². The third kappa shape index (κ3) is 7.43. The number of pyridine rings is 1. The maximum absolute atomic E-state index is 14.3. The van der Waals surface area contributed by atoms with Gasteiger partial charge in [0.25, 0.3) is 0 Å². The molecule has 3 aliphatic rings. The van der Waals surface area contributed by atoms with Gasteiger partial charge in [-0.2, -0.15) is 0 Å². The van der Waals surface area contributed by atoms with E-state index in [9.17, 15) is 19.2 Å². The molecule has 1 aliphatic carbocycles. The average molecular weight is 693 g/mol. The molecule has 0 spiro atoms. The molecule has 1 saturated heterocycles. The molecule has 2 aliphatic heterocycles. The van der Waals surface area contributed by atoms with E-state index in [1.54, 1.807) is 39.2 Å². The number of hydrogen-bond acceptors (Lipinski definition) is 10. The van der Waals surface area contributed by atoms with E-state index in [0.29, 0.717) is 25.0 Å². The smallest absolute Gasteiger partial charge is 0.408 e. The summed E-state index contributed by atoms with van der Waals surface area (Å²) in [7, 11) is 3.23. The highest BCUT2D eigenvalue weighted by atomic mass is 32.1. The first-order valence-corrected chi connectivity index (χ1v) is 17.6. The van der Waals surface area contributed by atoms with E-state index < -0.39 is 53.2 Å². The van der Waals surface area contributed by atoms with Crippen molar-refractivity contribution in [1.82, 2.24) is 30.1 Å². The van der Waals surface area contributed by atoms with Crippen LogP contribution in [-0.4, -0.2) is 86.3 Å². The van der Waals surface area contributed by atoms with Crippen molar-refractivity contribution < 1.29 is 33.4 Å². The van der Waals surface area contributed by atoms with Gasteiger partial charge < -0.3 is 34.3 Å². The first-order chi connectivity index (χ1) is 23.4. The number of ether oxygens (including phenoxy) is 3. The van der Waals surface area contributed by atoms with Gasteiger partial charge >= 0.3 is 12.1 Å². The van der Waals surface area contributed by atoms with Crippen molar-refractivity contribution in [1.29, 1.82) is 0 Å². The zero-order valence-electron chi connectivity index (χ0n) is 28.6. The van der Waals surface area contributed by atoms with Crippen LogP contribution in [0.3, 0.4) is 0 Å². The van der Waals surface area contributed by atoms with Crippen LogP contribution in [0.15, 0.2) is 42.9 Å². The Bertz CT molecular complexity index is 1760. The quantitative estimate of drug-likeness (QED) is 0.291. The number of amides is 3. The Kier molecular flexibility index (Phi) is 9.70. The zero-order chi connectivity index (χ0) is 34.9. The lowest BCUT2D eigenvalue weighted by Gasteiger charge is -2.30. The Hall–Kier alpha value is -4.46. The number of aromatic nitrogens is 3. The second-order valence-electron chi connectivity index (χ2n) is 14.0. The third-order valence-corrected chi connectivity index (χ3v) is 10.3. The number of imidazole rings is 1. The molecule has 0 aromatic carbocycles. The maximum Gasteiger partial charge on any atom is 0.408 e. The molecule has 13 nitrogen and oxygen atoms in total. The topological polar surface area (TPSA) is 154 Å². The number of methoxy groups -OCH3 is 1. The fourth-order valence-corrected chi connectivity index (χ4v) is 7.78. The minimum absolute atomic E-state index is 0.0966. The summed E-state index contributed by atoms with van der Waals surface area (Å²) in [5.74, 6) is -0.215. The molecular weight excluding hydrogens is 648 g/mol.